The van der Waals surface area contributed by atoms with Crippen LogP contribution in [0.2, 0.25) is 0 Å². The first-order chi connectivity index (χ1) is 16.4. The molecule has 5 rings (SSSR count). The van der Waals surface area contributed by atoms with Crippen molar-refractivity contribution in [3.63, 3.8) is 0 Å². The number of hydrogen-bond donors (Lipinski definition) is 2. The Morgan fingerprint density at radius 2 is 2.00 bits per heavy atom. The Hall–Kier alpha value is -2.35. The fourth-order valence-electron chi connectivity index (χ4n) is 6.32. The van der Waals surface area contributed by atoms with E-state index in [0.29, 0.717) is 48.8 Å². The molecule has 4 aliphatic rings. The number of ether oxygens (including phenoxy) is 1. The summed E-state index contributed by atoms with van der Waals surface area (Å²) in [5.74, 6) is 1.55. The Kier molecular flexibility index (Phi) is 7.06. The molecular formula is C27H42N4O4. The fourth-order valence-corrected chi connectivity index (χ4v) is 6.32. The smallest absolute Gasteiger partial charge is 0.258 e. The Bertz CT molecular complexity index is 975. The second-order valence-corrected chi connectivity index (χ2v) is 12.5. The number of rotatable bonds is 10. The third-order valence-electron chi connectivity index (χ3n) is 7.31. The van der Waals surface area contributed by atoms with E-state index >= 15 is 0 Å². The van der Waals surface area contributed by atoms with Crippen LogP contribution in [0.1, 0.15) is 90.4 Å². The van der Waals surface area contributed by atoms with Crippen molar-refractivity contribution in [3.8, 4) is 5.88 Å². The summed E-state index contributed by atoms with van der Waals surface area (Å²) in [5.41, 5.74) is 0.0359. The Morgan fingerprint density at radius 1 is 1.31 bits per heavy atom. The number of oxime groups is 1. The van der Waals surface area contributed by atoms with Crippen LogP contribution in [0, 0.1) is 23.2 Å². The highest BCUT2D eigenvalue weighted by molar-refractivity contribution is 5.97. The van der Waals surface area contributed by atoms with Gasteiger partial charge in [0.25, 0.3) is 5.91 Å². The summed E-state index contributed by atoms with van der Waals surface area (Å²) in [7, 11) is 0. The number of aliphatic hydroxyl groups is 1. The van der Waals surface area contributed by atoms with Crippen molar-refractivity contribution in [1.82, 2.24) is 15.1 Å². The Balaban J connectivity index is 1.52. The summed E-state index contributed by atoms with van der Waals surface area (Å²) in [6.45, 7) is 12.9. The molecule has 0 saturated heterocycles. The SMILES string of the molecule is CC(C)=NOCC(C)(C)/C=C/n1ncc(C(=O)NC23CC4CC(CC(O)(C4)C2)C3)c1OCC(C)C. The summed E-state index contributed by atoms with van der Waals surface area (Å²) in [6.07, 6.45) is 10.8. The van der Waals surface area contributed by atoms with E-state index < -0.39 is 5.60 Å². The van der Waals surface area contributed by atoms with Gasteiger partial charge in [-0.3, -0.25) is 4.79 Å². The van der Waals surface area contributed by atoms with Crippen molar-refractivity contribution >= 4 is 17.8 Å². The van der Waals surface area contributed by atoms with Crippen LogP contribution in [0.25, 0.3) is 6.20 Å². The average molecular weight is 487 g/mol. The quantitative estimate of drug-likeness (QED) is 0.371. The molecule has 4 aliphatic carbocycles. The first-order valence-corrected chi connectivity index (χ1v) is 13.0. The molecule has 1 heterocycles. The third-order valence-corrected chi connectivity index (χ3v) is 7.31. The lowest BCUT2D eigenvalue weighted by molar-refractivity contribution is -0.139. The van der Waals surface area contributed by atoms with Crippen LogP contribution < -0.4 is 10.1 Å². The monoisotopic (exact) mass is 486 g/mol. The van der Waals surface area contributed by atoms with Gasteiger partial charge in [0.15, 0.2) is 0 Å². The number of hydrogen-bond acceptors (Lipinski definition) is 6. The number of aromatic nitrogens is 2. The molecular weight excluding hydrogens is 444 g/mol. The van der Waals surface area contributed by atoms with Crippen LogP contribution in [-0.4, -0.2) is 50.9 Å². The average Bonchev–Trinajstić information content (AvgIpc) is 3.11. The lowest BCUT2D eigenvalue weighted by Crippen LogP contribution is -2.65. The minimum Gasteiger partial charge on any atom is -0.477 e. The highest BCUT2D eigenvalue weighted by atomic mass is 16.6. The van der Waals surface area contributed by atoms with E-state index in [0.717, 1.165) is 31.4 Å². The van der Waals surface area contributed by atoms with Crippen LogP contribution in [-0.2, 0) is 4.84 Å². The van der Waals surface area contributed by atoms with E-state index in [9.17, 15) is 9.90 Å². The second kappa shape index (κ2) is 9.60. The molecule has 4 fully saturated rings. The van der Waals surface area contributed by atoms with Crippen LogP contribution in [0.4, 0.5) is 0 Å². The molecule has 0 aromatic carbocycles. The van der Waals surface area contributed by atoms with E-state index in [1.807, 2.05) is 40.0 Å². The molecule has 0 spiro atoms. The maximum absolute atomic E-state index is 13.5. The summed E-state index contributed by atoms with van der Waals surface area (Å²) in [5, 5.41) is 22.9. The molecule has 8 nitrogen and oxygen atoms in total. The van der Waals surface area contributed by atoms with E-state index in [2.05, 4.69) is 29.4 Å². The summed E-state index contributed by atoms with van der Waals surface area (Å²) < 4.78 is 7.72. The zero-order valence-electron chi connectivity index (χ0n) is 22.1. The lowest BCUT2D eigenvalue weighted by atomic mass is 9.51. The molecule has 2 unspecified atom stereocenters. The van der Waals surface area contributed by atoms with Gasteiger partial charge < -0.3 is 20.0 Å². The minimum absolute atomic E-state index is 0.177. The van der Waals surface area contributed by atoms with Crippen molar-refractivity contribution < 1.29 is 19.5 Å². The molecule has 2 N–H and O–H groups in total. The van der Waals surface area contributed by atoms with Gasteiger partial charge in [-0.2, -0.15) is 5.10 Å². The van der Waals surface area contributed by atoms with Gasteiger partial charge in [-0.1, -0.05) is 38.9 Å². The van der Waals surface area contributed by atoms with E-state index in [1.54, 1.807) is 10.9 Å². The van der Waals surface area contributed by atoms with E-state index in [-0.39, 0.29) is 16.9 Å². The molecule has 0 aliphatic heterocycles. The van der Waals surface area contributed by atoms with Crippen LogP contribution in [0.3, 0.4) is 0 Å². The number of nitrogens with one attached hydrogen (secondary N) is 1. The van der Waals surface area contributed by atoms with Crippen molar-refractivity contribution in [2.75, 3.05) is 13.2 Å². The van der Waals surface area contributed by atoms with Gasteiger partial charge in [0, 0.05) is 17.2 Å². The highest BCUT2D eigenvalue weighted by Gasteiger charge is 2.57. The first-order valence-electron chi connectivity index (χ1n) is 13.0. The first kappa shape index (κ1) is 25.7. The Labute approximate surface area is 209 Å². The highest BCUT2D eigenvalue weighted by Crippen LogP contribution is 2.57. The van der Waals surface area contributed by atoms with Crippen LogP contribution in [0.15, 0.2) is 17.4 Å². The summed E-state index contributed by atoms with van der Waals surface area (Å²) >= 11 is 0. The van der Waals surface area contributed by atoms with Gasteiger partial charge in [-0.25, -0.2) is 4.68 Å². The molecule has 194 valence electrons. The van der Waals surface area contributed by atoms with Crippen molar-refractivity contribution in [3.05, 3.63) is 17.8 Å². The van der Waals surface area contributed by atoms with Gasteiger partial charge >= 0.3 is 0 Å². The fraction of sp³-hybridized carbons (Fsp3) is 0.741. The predicted molar refractivity (Wildman–Crippen MR) is 136 cm³/mol. The van der Waals surface area contributed by atoms with Gasteiger partial charge in [-0.05, 0) is 70.1 Å². The molecule has 2 atom stereocenters. The lowest BCUT2D eigenvalue weighted by Gasteiger charge is -2.60. The van der Waals surface area contributed by atoms with Gasteiger partial charge in [0.2, 0.25) is 5.88 Å². The van der Waals surface area contributed by atoms with Crippen molar-refractivity contribution in [1.29, 1.82) is 0 Å². The maximum atomic E-state index is 13.5. The molecule has 0 radical (unpaired) electrons. The van der Waals surface area contributed by atoms with Gasteiger partial charge in [0.05, 0.1) is 24.1 Å². The largest absolute Gasteiger partial charge is 0.477 e. The minimum atomic E-state index is -0.630. The van der Waals surface area contributed by atoms with Crippen LogP contribution in [0.5, 0.6) is 5.88 Å². The molecule has 1 aromatic rings. The van der Waals surface area contributed by atoms with E-state index in [1.165, 1.54) is 6.42 Å². The second-order valence-electron chi connectivity index (χ2n) is 12.5. The molecule has 35 heavy (non-hydrogen) atoms. The molecule has 1 amide bonds. The standard InChI is InChI=1S/C27H42N4O4/c1-18(2)15-34-24-22(14-28-31(24)8-7-25(5,6)17-35-30-19(3)4)23(32)29-26-10-20-9-21(11-26)13-27(33,12-20)16-26/h7-8,14,18,20-21,33H,9-13,15-17H2,1-6H3,(H,29,32)/b8-7+. The number of nitrogens with zero attached hydrogens (tertiary/aromatic N) is 3. The molecule has 8 heteroatoms. The predicted octanol–water partition coefficient (Wildman–Crippen LogP) is 4.64. The number of carbonyl (C=O) groups is 1. The molecule has 1 aromatic heterocycles. The zero-order chi connectivity index (χ0) is 25.4. The number of amides is 1. The zero-order valence-corrected chi connectivity index (χ0v) is 22.1. The van der Waals surface area contributed by atoms with Crippen LogP contribution >= 0.6 is 0 Å². The normalized spacial score (nSPS) is 29.6. The van der Waals surface area contributed by atoms with Crippen molar-refractivity contribution in [2.45, 2.75) is 91.2 Å². The Morgan fingerprint density at radius 3 is 2.60 bits per heavy atom. The van der Waals surface area contributed by atoms with Gasteiger partial charge in [-0.15, -0.1) is 0 Å². The summed E-state index contributed by atoms with van der Waals surface area (Å²) in [6, 6.07) is 0. The summed E-state index contributed by atoms with van der Waals surface area (Å²) in [4.78, 5) is 19.0. The molecule has 4 bridgehead atoms. The number of carbonyl (C=O) groups excluding carboxylic acids is 1. The molecule has 4 saturated carbocycles. The topological polar surface area (TPSA) is 98.0 Å². The van der Waals surface area contributed by atoms with Gasteiger partial charge in [0.1, 0.15) is 12.2 Å². The maximum Gasteiger partial charge on any atom is 0.258 e. The third kappa shape index (κ3) is 6.08. The van der Waals surface area contributed by atoms with Crippen molar-refractivity contribution in [2.24, 2.45) is 28.3 Å². The van der Waals surface area contributed by atoms with E-state index in [4.69, 9.17) is 9.57 Å².